The molecule has 0 saturated carbocycles. The number of hydrogen-bond acceptors (Lipinski definition) is 4. The number of hydrogen-bond donors (Lipinski definition) is 1. The maximum absolute atomic E-state index is 13.4. The predicted octanol–water partition coefficient (Wildman–Crippen LogP) is 5.45. The van der Waals surface area contributed by atoms with E-state index in [0.29, 0.717) is 10.7 Å². The van der Waals surface area contributed by atoms with E-state index in [4.69, 9.17) is 0 Å². The van der Waals surface area contributed by atoms with E-state index in [9.17, 15) is 13.6 Å². The Morgan fingerprint density at radius 3 is 2.60 bits per heavy atom. The number of thioether (sulfide) groups is 1. The molecule has 2 aromatic carbocycles. The molecule has 1 N–H and O–H groups in total. The number of aromatic nitrogens is 1. The molecule has 1 amide bonds. The molecule has 0 spiro atoms. The number of thiazole rings is 1. The van der Waals surface area contributed by atoms with Crippen LogP contribution in [-0.4, -0.2) is 16.6 Å². The zero-order valence-corrected chi connectivity index (χ0v) is 14.9. The van der Waals surface area contributed by atoms with E-state index in [0.717, 1.165) is 27.8 Å². The Balaban J connectivity index is 1.93. The van der Waals surface area contributed by atoms with Crippen LogP contribution in [-0.2, 0) is 0 Å². The van der Waals surface area contributed by atoms with Crippen LogP contribution < -0.4 is 5.32 Å². The number of amides is 1. The Bertz CT molecular complexity index is 897. The Kier molecular flexibility index (Phi) is 5.45. The lowest BCUT2D eigenvalue weighted by atomic mass is 10.1. The summed E-state index contributed by atoms with van der Waals surface area (Å²) in [5, 5.41) is 3.35. The molecule has 0 unspecified atom stereocenters. The van der Waals surface area contributed by atoms with E-state index in [-0.39, 0.29) is 5.56 Å². The van der Waals surface area contributed by atoms with Gasteiger partial charge in [-0.05, 0) is 24.0 Å². The van der Waals surface area contributed by atoms with Crippen molar-refractivity contribution in [1.29, 1.82) is 0 Å². The summed E-state index contributed by atoms with van der Waals surface area (Å²) in [6.07, 6.45) is 0. The zero-order valence-electron chi connectivity index (χ0n) is 13.3. The predicted molar refractivity (Wildman–Crippen MR) is 98.3 cm³/mol. The van der Waals surface area contributed by atoms with Crippen molar-refractivity contribution in [2.45, 2.75) is 11.3 Å². The van der Waals surface area contributed by atoms with E-state index < -0.39 is 17.5 Å². The first kappa shape index (κ1) is 17.6. The molecular weight excluding hydrogens is 362 g/mol. The molecule has 0 radical (unpaired) electrons. The highest BCUT2D eigenvalue weighted by molar-refractivity contribution is 8.01. The van der Waals surface area contributed by atoms with Crippen molar-refractivity contribution in [1.82, 2.24) is 4.98 Å². The van der Waals surface area contributed by atoms with Gasteiger partial charge in [0, 0.05) is 11.1 Å². The van der Waals surface area contributed by atoms with Crippen LogP contribution in [0.1, 0.15) is 17.3 Å². The smallest absolute Gasteiger partial charge is 0.256 e. The van der Waals surface area contributed by atoms with Gasteiger partial charge in [0.1, 0.15) is 10.7 Å². The highest BCUT2D eigenvalue weighted by Gasteiger charge is 2.17. The van der Waals surface area contributed by atoms with Gasteiger partial charge in [0.25, 0.3) is 5.91 Å². The SMILES string of the molecule is CCSc1nc(-c2ccccc2)c(NC(=O)c2ccc(F)c(F)c2)s1. The monoisotopic (exact) mass is 376 g/mol. The highest BCUT2D eigenvalue weighted by Crippen LogP contribution is 2.37. The molecule has 3 nitrogen and oxygen atoms in total. The minimum atomic E-state index is -1.05. The third-order valence-electron chi connectivity index (χ3n) is 3.33. The highest BCUT2D eigenvalue weighted by atomic mass is 32.2. The number of halogens is 2. The van der Waals surface area contributed by atoms with Crippen molar-refractivity contribution in [2.75, 3.05) is 11.1 Å². The minimum absolute atomic E-state index is 0.0519. The largest absolute Gasteiger partial charge is 0.312 e. The van der Waals surface area contributed by atoms with Gasteiger partial charge in [-0.1, -0.05) is 60.4 Å². The Hall–Kier alpha value is -2.25. The molecule has 3 aromatic rings. The third-order valence-corrected chi connectivity index (χ3v) is 5.33. The summed E-state index contributed by atoms with van der Waals surface area (Å²) in [4.78, 5) is 17.0. The Morgan fingerprint density at radius 1 is 1.16 bits per heavy atom. The standard InChI is InChI=1S/C18H14F2N2OS2/c1-2-24-18-21-15(11-6-4-3-5-7-11)17(25-18)22-16(23)12-8-9-13(19)14(20)10-12/h3-10H,2H2,1H3,(H,22,23). The first-order valence-corrected chi connectivity index (χ1v) is 9.34. The molecule has 0 aliphatic carbocycles. The lowest BCUT2D eigenvalue weighted by Crippen LogP contribution is -2.12. The average Bonchev–Trinajstić information content (AvgIpc) is 3.01. The number of nitrogens with zero attached hydrogens (tertiary/aromatic N) is 1. The first-order chi connectivity index (χ1) is 12.1. The molecule has 0 fully saturated rings. The van der Waals surface area contributed by atoms with E-state index in [1.165, 1.54) is 17.4 Å². The molecular formula is C18H14F2N2OS2. The molecule has 7 heteroatoms. The van der Waals surface area contributed by atoms with E-state index in [1.54, 1.807) is 11.8 Å². The molecule has 0 aliphatic rings. The first-order valence-electron chi connectivity index (χ1n) is 7.54. The van der Waals surface area contributed by atoms with Gasteiger partial charge in [0.05, 0.1) is 0 Å². The zero-order chi connectivity index (χ0) is 17.8. The fourth-order valence-electron chi connectivity index (χ4n) is 2.17. The fraction of sp³-hybridized carbons (Fsp3) is 0.111. The van der Waals surface area contributed by atoms with Crippen LogP contribution in [0.5, 0.6) is 0 Å². The van der Waals surface area contributed by atoms with Crippen LogP contribution >= 0.6 is 23.1 Å². The van der Waals surface area contributed by atoms with Crippen molar-refractivity contribution in [2.24, 2.45) is 0 Å². The summed E-state index contributed by atoms with van der Waals surface area (Å²) in [6.45, 7) is 2.02. The van der Waals surface area contributed by atoms with Gasteiger partial charge >= 0.3 is 0 Å². The number of carbonyl (C=O) groups excluding carboxylic acids is 1. The lowest BCUT2D eigenvalue weighted by molar-refractivity contribution is 0.102. The second-order valence-corrected chi connectivity index (χ2v) is 7.55. The summed E-state index contributed by atoms with van der Waals surface area (Å²) >= 11 is 2.94. The van der Waals surface area contributed by atoms with Crippen LogP contribution in [0.2, 0.25) is 0 Å². The number of nitrogens with one attached hydrogen (secondary N) is 1. The van der Waals surface area contributed by atoms with Crippen LogP contribution in [0.4, 0.5) is 13.8 Å². The maximum atomic E-state index is 13.4. The van der Waals surface area contributed by atoms with Crippen LogP contribution in [0, 0.1) is 11.6 Å². The minimum Gasteiger partial charge on any atom is -0.312 e. The van der Waals surface area contributed by atoms with Crippen molar-refractivity contribution in [3.05, 3.63) is 65.7 Å². The van der Waals surface area contributed by atoms with Gasteiger partial charge in [-0.25, -0.2) is 13.8 Å². The van der Waals surface area contributed by atoms with Crippen molar-refractivity contribution < 1.29 is 13.6 Å². The molecule has 25 heavy (non-hydrogen) atoms. The Labute approximate surface area is 152 Å². The van der Waals surface area contributed by atoms with Crippen LogP contribution in [0.3, 0.4) is 0 Å². The molecule has 1 heterocycles. The maximum Gasteiger partial charge on any atom is 0.256 e. The fourth-order valence-corrected chi connectivity index (χ4v) is 4.13. The van der Waals surface area contributed by atoms with Crippen molar-refractivity contribution >= 4 is 34.0 Å². The quantitative estimate of drug-likeness (QED) is 0.602. The lowest BCUT2D eigenvalue weighted by Gasteiger charge is -2.06. The van der Waals surface area contributed by atoms with E-state index in [1.807, 2.05) is 37.3 Å². The summed E-state index contributed by atoms with van der Waals surface area (Å²) in [6, 6.07) is 12.6. The van der Waals surface area contributed by atoms with Crippen molar-refractivity contribution in [3.63, 3.8) is 0 Å². The molecule has 0 aliphatic heterocycles. The molecule has 0 atom stereocenters. The number of anilines is 1. The topological polar surface area (TPSA) is 42.0 Å². The second-order valence-electron chi connectivity index (χ2n) is 5.04. The second kappa shape index (κ2) is 7.76. The van der Waals surface area contributed by atoms with Gasteiger partial charge in [0.15, 0.2) is 16.0 Å². The van der Waals surface area contributed by atoms with Crippen molar-refractivity contribution in [3.8, 4) is 11.3 Å². The van der Waals surface area contributed by atoms with Gasteiger partial charge in [-0.3, -0.25) is 4.79 Å². The van der Waals surface area contributed by atoms with E-state index in [2.05, 4.69) is 10.3 Å². The molecule has 1 aromatic heterocycles. The Morgan fingerprint density at radius 2 is 1.92 bits per heavy atom. The molecule has 0 bridgehead atoms. The summed E-state index contributed by atoms with van der Waals surface area (Å²) in [5.74, 6) is -1.69. The normalized spacial score (nSPS) is 10.7. The van der Waals surface area contributed by atoms with Crippen LogP contribution in [0.15, 0.2) is 52.9 Å². The molecule has 3 rings (SSSR count). The van der Waals surface area contributed by atoms with Crippen LogP contribution in [0.25, 0.3) is 11.3 Å². The summed E-state index contributed by atoms with van der Waals surface area (Å²) < 4.78 is 27.2. The van der Waals surface area contributed by atoms with Gasteiger partial charge in [-0.15, -0.1) is 0 Å². The summed E-state index contributed by atoms with van der Waals surface area (Å²) in [7, 11) is 0. The molecule has 128 valence electrons. The third kappa shape index (κ3) is 4.05. The van der Waals surface area contributed by atoms with Gasteiger partial charge in [-0.2, -0.15) is 0 Å². The molecule has 0 saturated heterocycles. The van der Waals surface area contributed by atoms with E-state index >= 15 is 0 Å². The van der Waals surface area contributed by atoms with Gasteiger partial charge in [0.2, 0.25) is 0 Å². The van der Waals surface area contributed by atoms with Gasteiger partial charge < -0.3 is 5.32 Å². The average molecular weight is 376 g/mol. The number of benzene rings is 2. The number of carbonyl (C=O) groups is 1. The summed E-state index contributed by atoms with van der Waals surface area (Å²) in [5.41, 5.74) is 1.59. The number of rotatable bonds is 5.